The van der Waals surface area contributed by atoms with Crippen LogP contribution in [0.3, 0.4) is 0 Å². The van der Waals surface area contributed by atoms with Gasteiger partial charge in [-0.05, 0) is 29.8 Å². The fourth-order valence-electron chi connectivity index (χ4n) is 1.80. The maximum atomic E-state index is 13.8. The minimum absolute atomic E-state index is 0.0292. The van der Waals surface area contributed by atoms with E-state index in [0.717, 1.165) is 12.3 Å². The molecule has 0 spiro atoms. The van der Waals surface area contributed by atoms with E-state index in [-0.39, 0.29) is 16.0 Å². The molecule has 1 N–H and O–H groups in total. The molecular formula is C14H10F2O4S. The first-order valence-electron chi connectivity index (χ1n) is 5.73. The summed E-state index contributed by atoms with van der Waals surface area (Å²) in [5.41, 5.74) is -0.453. The maximum Gasteiger partial charge on any atom is 0.335 e. The van der Waals surface area contributed by atoms with Gasteiger partial charge in [-0.1, -0.05) is 12.1 Å². The van der Waals surface area contributed by atoms with Crippen molar-refractivity contribution in [1.29, 1.82) is 0 Å². The van der Waals surface area contributed by atoms with E-state index in [1.807, 2.05) is 0 Å². The van der Waals surface area contributed by atoms with Crippen molar-refractivity contribution in [3.8, 4) is 11.1 Å². The van der Waals surface area contributed by atoms with Crippen LogP contribution < -0.4 is 0 Å². The van der Waals surface area contributed by atoms with E-state index >= 15 is 0 Å². The third-order valence-corrected chi connectivity index (χ3v) is 4.00. The van der Waals surface area contributed by atoms with Crippen LogP contribution in [0.15, 0.2) is 41.3 Å². The first-order chi connectivity index (χ1) is 9.70. The zero-order valence-electron chi connectivity index (χ0n) is 10.8. The number of benzene rings is 2. The molecule has 0 bridgehead atoms. The summed E-state index contributed by atoms with van der Waals surface area (Å²) in [6, 6.07) is 6.66. The van der Waals surface area contributed by atoms with Gasteiger partial charge in [0.25, 0.3) is 0 Å². The second kappa shape index (κ2) is 5.25. The molecule has 2 aromatic rings. The number of hydrogen-bond acceptors (Lipinski definition) is 3. The van der Waals surface area contributed by atoms with E-state index in [2.05, 4.69) is 0 Å². The molecule has 0 heterocycles. The molecular weight excluding hydrogens is 302 g/mol. The van der Waals surface area contributed by atoms with Gasteiger partial charge in [0.15, 0.2) is 21.5 Å². The van der Waals surface area contributed by atoms with Crippen LogP contribution in [0.25, 0.3) is 11.1 Å². The molecule has 0 amide bonds. The minimum Gasteiger partial charge on any atom is -0.478 e. The molecule has 0 aliphatic carbocycles. The van der Waals surface area contributed by atoms with E-state index in [9.17, 15) is 22.0 Å². The Morgan fingerprint density at radius 3 is 2.14 bits per heavy atom. The van der Waals surface area contributed by atoms with Crippen molar-refractivity contribution in [2.24, 2.45) is 0 Å². The molecule has 0 saturated heterocycles. The topological polar surface area (TPSA) is 71.4 Å². The lowest BCUT2D eigenvalue weighted by molar-refractivity contribution is 0.0696. The van der Waals surface area contributed by atoms with Crippen LogP contribution in [-0.2, 0) is 9.84 Å². The summed E-state index contributed by atoms with van der Waals surface area (Å²) in [5, 5.41) is 8.85. The lowest BCUT2D eigenvalue weighted by atomic mass is 10.0. The largest absolute Gasteiger partial charge is 0.478 e. The van der Waals surface area contributed by atoms with Crippen molar-refractivity contribution in [1.82, 2.24) is 0 Å². The van der Waals surface area contributed by atoms with Crippen molar-refractivity contribution in [2.75, 3.05) is 6.26 Å². The first-order valence-corrected chi connectivity index (χ1v) is 7.62. The zero-order valence-corrected chi connectivity index (χ0v) is 11.6. The predicted octanol–water partition coefficient (Wildman–Crippen LogP) is 2.73. The van der Waals surface area contributed by atoms with E-state index in [1.165, 1.54) is 24.3 Å². The lowest BCUT2D eigenvalue weighted by Gasteiger charge is -2.07. The SMILES string of the molecule is CS(=O)(=O)c1ccc(-c2cc(C(=O)O)cc(F)c2F)cc1. The van der Waals surface area contributed by atoms with Crippen molar-refractivity contribution >= 4 is 15.8 Å². The minimum atomic E-state index is -3.40. The third-order valence-electron chi connectivity index (χ3n) is 2.87. The quantitative estimate of drug-likeness (QED) is 0.946. The van der Waals surface area contributed by atoms with E-state index < -0.39 is 33.0 Å². The standard InChI is InChI=1S/C14H10F2O4S/c1-21(19,20)10-4-2-8(3-5-10)11-6-9(14(17)18)7-12(15)13(11)16/h2-7H,1H3,(H,17,18). The number of aromatic carboxylic acids is 1. The Bertz CT molecular complexity index is 812. The zero-order chi connectivity index (χ0) is 15.8. The molecule has 4 nitrogen and oxygen atoms in total. The molecule has 0 unspecified atom stereocenters. The number of carboxylic acid groups (broad SMARTS) is 1. The Labute approximate surface area is 119 Å². The molecule has 110 valence electrons. The molecule has 0 fully saturated rings. The van der Waals surface area contributed by atoms with Crippen LogP contribution >= 0.6 is 0 Å². The average molecular weight is 312 g/mol. The number of hydrogen-bond donors (Lipinski definition) is 1. The Morgan fingerprint density at radius 2 is 1.67 bits per heavy atom. The highest BCUT2D eigenvalue weighted by atomic mass is 32.2. The highest BCUT2D eigenvalue weighted by Crippen LogP contribution is 2.27. The molecule has 0 aromatic heterocycles. The summed E-state index contributed by atoms with van der Waals surface area (Å²) >= 11 is 0. The molecule has 21 heavy (non-hydrogen) atoms. The summed E-state index contributed by atoms with van der Waals surface area (Å²) < 4.78 is 49.9. The van der Waals surface area contributed by atoms with E-state index in [1.54, 1.807) is 0 Å². The van der Waals surface area contributed by atoms with Crippen molar-refractivity contribution in [3.05, 3.63) is 53.6 Å². The molecule has 0 saturated carbocycles. The lowest BCUT2D eigenvalue weighted by Crippen LogP contribution is -2.01. The predicted molar refractivity (Wildman–Crippen MR) is 71.9 cm³/mol. The van der Waals surface area contributed by atoms with Gasteiger partial charge in [0, 0.05) is 11.8 Å². The second-order valence-corrected chi connectivity index (χ2v) is 6.44. The number of carboxylic acids is 1. The molecule has 2 aromatic carbocycles. The summed E-state index contributed by atoms with van der Waals surface area (Å²) in [6.45, 7) is 0. The Balaban J connectivity index is 2.59. The highest BCUT2D eigenvalue weighted by Gasteiger charge is 2.16. The van der Waals surface area contributed by atoms with Crippen molar-refractivity contribution in [2.45, 2.75) is 4.90 Å². The molecule has 0 atom stereocenters. The highest BCUT2D eigenvalue weighted by molar-refractivity contribution is 7.90. The number of carbonyl (C=O) groups is 1. The number of halogens is 2. The Morgan fingerprint density at radius 1 is 1.10 bits per heavy atom. The summed E-state index contributed by atoms with van der Waals surface area (Å²) in [7, 11) is -3.40. The van der Waals surface area contributed by atoms with E-state index in [0.29, 0.717) is 6.07 Å². The van der Waals surface area contributed by atoms with Gasteiger partial charge in [-0.3, -0.25) is 0 Å². The van der Waals surface area contributed by atoms with Gasteiger partial charge < -0.3 is 5.11 Å². The van der Waals surface area contributed by atoms with Crippen LogP contribution in [0.4, 0.5) is 8.78 Å². The number of sulfone groups is 1. The normalized spacial score (nSPS) is 11.4. The van der Waals surface area contributed by atoms with Crippen LogP contribution in [0, 0.1) is 11.6 Å². The van der Waals surface area contributed by atoms with Gasteiger partial charge in [0.1, 0.15) is 0 Å². The summed E-state index contributed by atoms with van der Waals surface area (Å²) in [5.74, 6) is -3.85. The monoisotopic (exact) mass is 312 g/mol. The van der Waals surface area contributed by atoms with Gasteiger partial charge in [-0.15, -0.1) is 0 Å². The van der Waals surface area contributed by atoms with E-state index in [4.69, 9.17) is 5.11 Å². The maximum absolute atomic E-state index is 13.8. The fraction of sp³-hybridized carbons (Fsp3) is 0.0714. The molecule has 7 heteroatoms. The molecule has 0 radical (unpaired) electrons. The number of rotatable bonds is 3. The summed E-state index contributed by atoms with van der Waals surface area (Å²) in [4.78, 5) is 10.9. The fourth-order valence-corrected chi connectivity index (χ4v) is 2.43. The molecule has 0 aliphatic heterocycles. The second-order valence-electron chi connectivity index (χ2n) is 4.42. The van der Waals surface area contributed by atoms with Crippen LogP contribution in [0.1, 0.15) is 10.4 Å². The van der Waals surface area contributed by atoms with Crippen molar-refractivity contribution in [3.63, 3.8) is 0 Å². The molecule has 2 rings (SSSR count). The van der Waals surface area contributed by atoms with Gasteiger partial charge >= 0.3 is 5.97 Å². The average Bonchev–Trinajstić information content (AvgIpc) is 2.40. The Kier molecular flexibility index (Phi) is 3.78. The van der Waals surface area contributed by atoms with Gasteiger partial charge in [-0.25, -0.2) is 22.0 Å². The van der Waals surface area contributed by atoms with Gasteiger partial charge in [0.05, 0.1) is 10.5 Å². The van der Waals surface area contributed by atoms with Crippen LogP contribution in [-0.4, -0.2) is 25.7 Å². The van der Waals surface area contributed by atoms with Gasteiger partial charge in [0.2, 0.25) is 0 Å². The molecule has 0 aliphatic rings. The van der Waals surface area contributed by atoms with Crippen LogP contribution in [0.5, 0.6) is 0 Å². The first kappa shape index (κ1) is 15.1. The summed E-state index contributed by atoms with van der Waals surface area (Å²) in [6.07, 6.45) is 1.02. The smallest absolute Gasteiger partial charge is 0.335 e. The Hall–Kier alpha value is -2.28. The third kappa shape index (κ3) is 3.08. The van der Waals surface area contributed by atoms with Crippen LogP contribution in [0.2, 0.25) is 0 Å². The van der Waals surface area contributed by atoms with Gasteiger partial charge in [-0.2, -0.15) is 0 Å². The van der Waals surface area contributed by atoms with Crippen molar-refractivity contribution < 1.29 is 27.1 Å².